The molecule has 0 aromatic heterocycles. The van der Waals surface area contributed by atoms with E-state index in [-0.39, 0.29) is 0 Å². The summed E-state index contributed by atoms with van der Waals surface area (Å²) in [7, 11) is -4.03. The first-order valence-electron chi connectivity index (χ1n) is 21.3. The summed E-state index contributed by atoms with van der Waals surface area (Å²) in [6, 6.07) is 65.5. The van der Waals surface area contributed by atoms with Crippen LogP contribution in [0.25, 0.3) is 43.1 Å². The molecule has 6 nitrogen and oxygen atoms in total. The topological polar surface area (TPSA) is 55.4 Å². The number of benzene rings is 10. The Labute approximate surface area is 385 Å². The van der Waals surface area contributed by atoms with Crippen LogP contribution in [0.2, 0.25) is 0 Å². The van der Waals surface area contributed by atoms with Crippen LogP contribution < -0.4 is 27.1 Å². The van der Waals surface area contributed by atoms with E-state index in [9.17, 15) is 0 Å². The minimum Gasteiger partial charge on any atom is -0.408 e. The second kappa shape index (κ2) is 18.8. The smallest absolute Gasteiger partial charge is 0.408 e. The van der Waals surface area contributed by atoms with Crippen molar-refractivity contribution in [3.05, 3.63) is 216 Å². The molecule has 0 aliphatic rings. The molecule has 0 aliphatic heterocycles. The molecule has 0 saturated heterocycles. The van der Waals surface area contributed by atoms with E-state index in [0.29, 0.717) is 34.5 Å². The quantitative estimate of drug-likeness (QED) is 0.101. The van der Waals surface area contributed by atoms with Gasteiger partial charge in [0, 0.05) is 0 Å². The van der Waals surface area contributed by atoms with Crippen LogP contribution in [0.3, 0.4) is 0 Å². The van der Waals surface area contributed by atoms with Crippen molar-refractivity contribution in [1.29, 1.82) is 0 Å². The monoisotopic (exact) mass is 906 g/mol. The first-order valence-corrected chi connectivity index (χ1v) is 24.3. The lowest BCUT2D eigenvalue weighted by Crippen LogP contribution is -2.05. The number of hydrogen-bond acceptors (Lipinski definition) is 7. The van der Waals surface area contributed by atoms with Gasteiger partial charge in [-0.05, 0) is 154 Å². The molecule has 320 valence electrons. The van der Waals surface area contributed by atoms with Gasteiger partial charge in [-0.2, -0.15) is 0 Å². The minimum atomic E-state index is -2.02. The second-order valence-corrected chi connectivity index (χ2v) is 19.0. The summed E-state index contributed by atoms with van der Waals surface area (Å²) in [5.41, 5.74) is 4.05. The van der Waals surface area contributed by atoms with Crippen LogP contribution in [0.5, 0.6) is 34.5 Å². The van der Waals surface area contributed by atoms with Crippen LogP contribution in [-0.2, 0) is 0 Å². The van der Waals surface area contributed by atoms with Gasteiger partial charge in [0.2, 0.25) is 0 Å². The molecule has 0 aliphatic carbocycles. The highest BCUT2D eigenvalue weighted by atomic mass is 32.2. The number of rotatable bonds is 14. The number of fused-ring (bicyclic) bond motifs is 4. The van der Waals surface area contributed by atoms with Crippen molar-refractivity contribution in [2.24, 2.45) is 0 Å². The molecule has 0 bridgehead atoms. The Hall–Kier alpha value is -6.75. The Morgan fingerprint density at radius 3 is 0.862 bits per heavy atom. The average Bonchev–Trinajstić information content (AvgIpc) is 3.31. The summed E-state index contributed by atoms with van der Waals surface area (Å²) in [6.07, 6.45) is 0. The third-order valence-electron chi connectivity index (χ3n) is 10.9. The zero-order valence-electron chi connectivity index (χ0n) is 36.2. The standard InChI is InChI=1S/C56H44O6P2S/c1-37-29-39(3)55(61-63(57-49-25-21-41-13-5-9-17-45(41)33-49)58-50-26-22-42-14-6-10-18-46(42)34-50)53(31-37)65-54-32-38(2)30-40(4)56(54)62-64(59-51-27-23-43-15-7-11-19-47(43)35-51)60-52-28-24-44-16-8-12-20-48(44)36-52/h5-36H,1-4H3. The van der Waals surface area contributed by atoms with Crippen LogP contribution in [0.4, 0.5) is 0 Å². The van der Waals surface area contributed by atoms with E-state index in [0.717, 1.165) is 75.1 Å². The molecule has 0 radical (unpaired) electrons. The van der Waals surface area contributed by atoms with Gasteiger partial charge in [0.05, 0.1) is 9.79 Å². The van der Waals surface area contributed by atoms with E-state index < -0.39 is 17.2 Å². The van der Waals surface area contributed by atoms with Crippen molar-refractivity contribution in [2.45, 2.75) is 37.5 Å². The van der Waals surface area contributed by atoms with Gasteiger partial charge in [0.15, 0.2) is 0 Å². The lowest BCUT2D eigenvalue weighted by Gasteiger charge is -2.23. The highest BCUT2D eigenvalue weighted by molar-refractivity contribution is 7.99. The zero-order valence-corrected chi connectivity index (χ0v) is 38.8. The highest BCUT2D eigenvalue weighted by Gasteiger charge is 2.27. The predicted octanol–water partition coefficient (Wildman–Crippen LogP) is 17.2. The average molecular weight is 907 g/mol. The molecule has 10 aromatic carbocycles. The van der Waals surface area contributed by atoms with Gasteiger partial charge >= 0.3 is 17.2 Å². The number of aryl methyl sites for hydroxylation is 4. The Balaban J connectivity index is 1.00. The Kier molecular flexibility index (Phi) is 12.2. The van der Waals surface area contributed by atoms with Crippen molar-refractivity contribution >= 4 is 72.1 Å². The van der Waals surface area contributed by atoms with E-state index >= 15 is 0 Å². The first-order chi connectivity index (χ1) is 31.8. The molecule has 0 N–H and O–H groups in total. The minimum absolute atomic E-state index is 0.644. The first kappa shape index (κ1) is 42.2. The Morgan fingerprint density at radius 2 is 0.569 bits per heavy atom. The van der Waals surface area contributed by atoms with E-state index in [1.54, 1.807) is 11.8 Å². The molecule has 10 aromatic rings. The molecule has 0 spiro atoms. The summed E-state index contributed by atoms with van der Waals surface area (Å²) >= 11 is 1.56. The fourth-order valence-electron chi connectivity index (χ4n) is 7.84. The molecular formula is C56H44O6P2S. The SMILES string of the molecule is Cc1cc(C)c(OP(Oc2ccc3ccccc3c2)Oc2ccc3ccccc3c2)c(Sc2cc(C)cc(C)c2OP(Oc2ccc3ccccc3c2)Oc2ccc3ccccc3c2)c1. The summed E-state index contributed by atoms with van der Waals surface area (Å²) in [5.74, 6) is 3.88. The maximum absolute atomic E-state index is 6.96. The van der Waals surface area contributed by atoms with Gasteiger partial charge in [0.25, 0.3) is 0 Å². The molecule has 0 atom stereocenters. The molecule has 0 amide bonds. The fourth-order valence-corrected chi connectivity index (χ4v) is 11.4. The maximum Gasteiger partial charge on any atom is 0.530 e. The maximum atomic E-state index is 6.96. The molecule has 10 rings (SSSR count). The van der Waals surface area contributed by atoms with Crippen molar-refractivity contribution < 1.29 is 27.1 Å². The van der Waals surface area contributed by atoms with Crippen LogP contribution in [-0.4, -0.2) is 0 Å². The van der Waals surface area contributed by atoms with Gasteiger partial charge in [-0.3, -0.25) is 0 Å². The summed E-state index contributed by atoms with van der Waals surface area (Å²) in [5, 5.41) is 8.72. The normalized spacial score (nSPS) is 11.4. The molecule has 0 unspecified atom stereocenters. The van der Waals surface area contributed by atoms with Crippen LogP contribution in [0.1, 0.15) is 22.3 Å². The van der Waals surface area contributed by atoms with Crippen LogP contribution in [0.15, 0.2) is 204 Å². The van der Waals surface area contributed by atoms with Crippen LogP contribution >= 0.6 is 29.0 Å². The second-order valence-electron chi connectivity index (χ2n) is 16.0. The van der Waals surface area contributed by atoms with E-state index in [1.807, 2.05) is 97.1 Å². The van der Waals surface area contributed by atoms with Gasteiger partial charge in [-0.15, -0.1) is 0 Å². The van der Waals surface area contributed by atoms with Gasteiger partial charge < -0.3 is 27.1 Å². The highest BCUT2D eigenvalue weighted by Crippen LogP contribution is 2.52. The predicted molar refractivity (Wildman–Crippen MR) is 269 cm³/mol. The van der Waals surface area contributed by atoms with Crippen molar-refractivity contribution in [2.75, 3.05) is 0 Å². The molecule has 0 heterocycles. The molecular weight excluding hydrogens is 863 g/mol. The van der Waals surface area contributed by atoms with E-state index in [1.165, 1.54) is 0 Å². The molecule has 65 heavy (non-hydrogen) atoms. The lowest BCUT2D eigenvalue weighted by molar-refractivity contribution is 0.383. The largest absolute Gasteiger partial charge is 0.530 e. The molecule has 0 saturated carbocycles. The van der Waals surface area contributed by atoms with E-state index in [4.69, 9.17) is 27.1 Å². The third-order valence-corrected chi connectivity index (χ3v) is 14.1. The summed E-state index contributed by atoms with van der Waals surface area (Å²) in [6.45, 7) is 8.29. The Bertz CT molecular complexity index is 2970. The van der Waals surface area contributed by atoms with Crippen molar-refractivity contribution in [1.82, 2.24) is 0 Å². The van der Waals surface area contributed by atoms with E-state index in [2.05, 4.69) is 125 Å². The third kappa shape index (κ3) is 9.84. The molecule has 0 fully saturated rings. The van der Waals surface area contributed by atoms with Gasteiger partial charge in [-0.1, -0.05) is 145 Å². The van der Waals surface area contributed by atoms with Crippen molar-refractivity contribution in [3.8, 4) is 34.5 Å². The summed E-state index contributed by atoms with van der Waals surface area (Å²) < 4.78 is 40.6. The molecule has 9 heteroatoms. The number of hydrogen-bond donors (Lipinski definition) is 0. The van der Waals surface area contributed by atoms with Crippen molar-refractivity contribution in [3.63, 3.8) is 0 Å². The van der Waals surface area contributed by atoms with Gasteiger partial charge in [-0.25, -0.2) is 0 Å². The Morgan fingerprint density at radius 1 is 0.292 bits per heavy atom. The zero-order chi connectivity index (χ0) is 44.3. The fraction of sp³-hybridized carbons (Fsp3) is 0.0714. The summed E-state index contributed by atoms with van der Waals surface area (Å²) in [4.78, 5) is 1.76. The van der Waals surface area contributed by atoms with Gasteiger partial charge in [0.1, 0.15) is 34.5 Å². The lowest BCUT2D eigenvalue weighted by atomic mass is 10.1. The van der Waals surface area contributed by atoms with Crippen LogP contribution in [0, 0.1) is 27.7 Å².